The van der Waals surface area contributed by atoms with Gasteiger partial charge in [0.2, 0.25) is 0 Å². The highest BCUT2D eigenvalue weighted by Crippen LogP contribution is 2.47. The Kier molecular flexibility index (Phi) is 1.10. The van der Waals surface area contributed by atoms with E-state index in [0.717, 1.165) is 17.8 Å². The van der Waals surface area contributed by atoms with Crippen LogP contribution in [0.15, 0.2) is 0 Å². The van der Waals surface area contributed by atoms with Crippen molar-refractivity contribution in [2.45, 2.75) is 32.2 Å². The molecule has 0 radical (unpaired) electrons. The minimum absolute atomic E-state index is 0.554. The summed E-state index contributed by atoms with van der Waals surface area (Å²) in [4.78, 5) is 0. The van der Waals surface area contributed by atoms with E-state index in [2.05, 4.69) is 6.92 Å². The molecule has 4 atom stereocenters. The molecule has 2 bridgehead atoms. The third-order valence-corrected chi connectivity index (χ3v) is 3.20. The fourth-order valence-corrected chi connectivity index (χ4v) is 2.76. The molecule has 0 amide bonds. The van der Waals surface area contributed by atoms with Crippen LogP contribution in [-0.2, 0) is 0 Å². The van der Waals surface area contributed by atoms with Gasteiger partial charge < -0.3 is 5.73 Å². The molecule has 2 fully saturated rings. The molecule has 2 rings (SSSR count). The van der Waals surface area contributed by atoms with Crippen molar-refractivity contribution in [3.05, 3.63) is 0 Å². The number of hydrogen-bond donors (Lipinski definition) is 1. The molecule has 2 aliphatic rings. The molecule has 2 N–H and O–H groups in total. The summed E-state index contributed by atoms with van der Waals surface area (Å²) < 4.78 is 0. The topological polar surface area (TPSA) is 26.0 Å². The van der Waals surface area contributed by atoms with E-state index in [0.29, 0.717) is 6.04 Å². The van der Waals surface area contributed by atoms with Crippen LogP contribution in [0.3, 0.4) is 0 Å². The maximum absolute atomic E-state index is 5.91. The smallest absolute Gasteiger partial charge is 0.00724 e. The molecule has 0 aliphatic heterocycles. The van der Waals surface area contributed by atoms with Gasteiger partial charge in [0, 0.05) is 6.04 Å². The third-order valence-electron chi connectivity index (χ3n) is 3.20. The van der Waals surface area contributed by atoms with Gasteiger partial charge in [-0.2, -0.15) is 0 Å². The highest BCUT2D eigenvalue weighted by atomic mass is 14.7. The lowest BCUT2D eigenvalue weighted by Gasteiger charge is -2.22. The van der Waals surface area contributed by atoms with Crippen molar-refractivity contribution in [1.82, 2.24) is 0 Å². The van der Waals surface area contributed by atoms with E-state index >= 15 is 0 Å². The molecule has 0 heterocycles. The predicted octanol–water partition coefficient (Wildman–Crippen LogP) is 1.38. The molecule has 0 aromatic heterocycles. The SMILES string of the molecule is CC1CC2CC(N)C1C2. The maximum atomic E-state index is 5.91. The number of hydrogen-bond acceptors (Lipinski definition) is 1. The van der Waals surface area contributed by atoms with E-state index in [1.54, 1.807) is 0 Å². The summed E-state index contributed by atoms with van der Waals surface area (Å²) in [5, 5.41) is 0. The summed E-state index contributed by atoms with van der Waals surface area (Å²) in [6.07, 6.45) is 4.20. The van der Waals surface area contributed by atoms with Gasteiger partial charge >= 0.3 is 0 Å². The Balaban J connectivity index is 2.13. The van der Waals surface area contributed by atoms with E-state index in [-0.39, 0.29) is 0 Å². The first-order valence-corrected chi connectivity index (χ1v) is 4.03. The predicted molar refractivity (Wildman–Crippen MR) is 38.0 cm³/mol. The Morgan fingerprint density at radius 1 is 1.22 bits per heavy atom. The highest BCUT2D eigenvalue weighted by Gasteiger charge is 2.42. The lowest BCUT2D eigenvalue weighted by atomic mass is 9.87. The molecule has 0 saturated heterocycles. The summed E-state index contributed by atoms with van der Waals surface area (Å²) in [6, 6.07) is 0.554. The monoisotopic (exact) mass is 125 g/mol. The van der Waals surface area contributed by atoms with E-state index in [1.165, 1.54) is 19.3 Å². The minimum atomic E-state index is 0.554. The van der Waals surface area contributed by atoms with Gasteiger partial charge in [0.05, 0.1) is 0 Å². The van der Waals surface area contributed by atoms with Gasteiger partial charge in [-0.25, -0.2) is 0 Å². The first-order chi connectivity index (χ1) is 4.27. The largest absolute Gasteiger partial charge is 0.327 e. The second-order valence-corrected chi connectivity index (χ2v) is 3.88. The fourth-order valence-electron chi connectivity index (χ4n) is 2.76. The van der Waals surface area contributed by atoms with Crippen molar-refractivity contribution >= 4 is 0 Å². The van der Waals surface area contributed by atoms with Crippen LogP contribution >= 0.6 is 0 Å². The van der Waals surface area contributed by atoms with Crippen molar-refractivity contribution in [2.75, 3.05) is 0 Å². The van der Waals surface area contributed by atoms with E-state index in [4.69, 9.17) is 5.73 Å². The second-order valence-electron chi connectivity index (χ2n) is 3.88. The van der Waals surface area contributed by atoms with Crippen LogP contribution in [0, 0.1) is 17.8 Å². The van der Waals surface area contributed by atoms with Crippen molar-refractivity contribution < 1.29 is 0 Å². The molecule has 9 heavy (non-hydrogen) atoms. The van der Waals surface area contributed by atoms with Crippen LogP contribution in [0.4, 0.5) is 0 Å². The van der Waals surface area contributed by atoms with Crippen molar-refractivity contribution in [3.63, 3.8) is 0 Å². The van der Waals surface area contributed by atoms with Gasteiger partial charge in [0.1, 0.15) is 0 Å². The molecule has 52 valence electrons. The summed E-state index contributed by atoms with van der Waals surface area (Å²) in [5.74, 6) is 2.81. The molecule has 2 saturated carbocycles. The van der Waals surface area contributed by atoms with E-state index in [1.807, 2.05) is 0 Å². The third kappa shape index (κ3) is 0.710. The Labute approximate surface area is 56.6 Å². The Hall–Kier alpha value is -0.0400. The average molecular weight is 125 g/mol. The summed E-state index contributed by atoms with van der Waals surface area (Å²) >= 11 is 0. The molecular formula is C8H15N. The minimum Gasteiger partial charge on any atom is -0.327 e. The number of rotatable bonds is 0. The normalized spacial score (nSPS) is 56.7. The summed E-state index contributed by atoms with van der Waals surface area (Å²) in [6.45, 7) is 2.35. The first kappa shape index (κ1) is 5.72. The highest BCUT2D eigenvalue weighted by molar-refractivity contribution is 4.95. The van der Waals surface area contributed by atoms with Crippen LogP contribution in [0.5, 0.6) is 0 Å². The standard InChI is InChI=1S/C8H15N/c1-5-2-6-3-7(5)8(9)4-6/h5-8H,2-4,9H2,1H3. The second kappa shape index (κ2) is 1.72. The van der Waals surface area contributed by atoms with Gasteiger partial charge in [-0.05, 0) is 37.0 Å². The zero-order valence-corrected chi connectivity index (χ0v) is 6.01. The van der Waals surface area contributed by atoms with Crippen LogP contribution in [0.25, 0.3) is 0 Å². The van der Waals surface area contributed by atoms with Crippen LogP contribution in [-0.4, -0.2) is 6.04 Å². The molecule has 1 heteroatoms. The zero-order chi connectivity index (χ0) is 6.43. The van der Waals surface area contributed by atoms with Gasteiger partial charge in [-0.3, -0.25) is 0 Å². The molecule has 0 spiro atoms. The quantitative estimate of drug-likeness (QED) is 0.520. The fraction of sp³-hybridized carbons (Fsp3) is 1.00. The molecule has 4 unspecified atom stereocenters. The Morgan fingerprint density at radius 2 is 2.00 bits per heavy atom. The van der Waals surface area contributed by atoms with Crippen molar-refractivity contribution in [2.24, 2.45) is 23.5 Å². The van der Waals surface area contributed by atoms with Gasteiger partial charge in [-0.1, -0.05) is 6.92 Å². The Bertz CT molecular complexity index is 110. The summed E-state index contributed by atoms with van der Waals surface area (Å²) in [5.41, 5.74) is 5.91. The lowest BCUT2D eigenvalue weighted by Crippen LogP contribution is -2.30. The lowest BCUT2D eigenvalue weighted by molar-refractivity contribution is 0.317. The van der Waals surface area contributed by atoms with E-state index < -0.39 is 0 Å². The molecule has 0 aromatic carbocycles. The molecule has 1 nitrogen and oxygen atoms in total. The van der Waals surface area contributed by atoms with Crippen LogP contribution in [0.2, 0.25) is 0 Å². The van der Waals surface area contributed by atoms with Crippen LogP contribution in [0.1, 0.15) is 26.2 Å². The van der Waals surface area contributed by atoms with Crippen molar-refractivity contribution in [1.29, 1.82) is 0 Å². The van der Waals surface area contributed by atoms with Crippen LogP contribution < -0.4 is 5.73 Å². The molecule has 2 aliphatic carbocycles. The average Bonchev–Trinajstić information content (AvgIpc) is 2.22. The van der Waals surface area contributed by atoms with Gasteiger partial charge in [0.25, 0.3) is 0 Å². The van der Waals surface area contributed by atoms with Gasteiger partial charge in [-0.15, -0.1) is 0 Å². The zero-order valence-electron chi connectivity index (χ0n) is 6.01. The summed E-state index contributed by atoms with van der Waals surface area (Å²) in [7, 11) is 0. The number of nitrogens with two attached hydrogens (primary N) is 1. The van der Waals surface area contributed by atoms with Crippen molar-refractivity contribution in [3.8, 4) is 0 Å². The maximum Gasteiger partial charge on any atom is 0.00724 e. The Morgan fingerprint density at radius 3 is 2.33 bits per heavy atom. The molecule has 0 aromatic rings. The first-order valence-electron chi connectivity index (χ1n) is 4.03. The molecular weight excluding hydrogens is 110 g/mol. The van der Waals surface area contributed by atoms with Gasteiger partial charge in [0.15, 0.2) is 0 Å². The number of fused-ring (bicyclic) bond motifs is 2. The van der Waals surface area contributed by atoms with E-state index in [9.17, 15) is 0 Å².